The Morgan fingerprint density at radius 3 is 2.38 bits per heavy atom. The first-order valence-corrected chi connectivity index (χ1v) is 10.7. The van der Waals surface area contributed by atoms with Crippen LogP contribution in [-0.2, 0) is 0 Å². The maximum absolute atomic E-state index is 14.2. The normalized spacial score (nSPS) is 17.2. The molecule has 1 N–H and O–H groups in total. The summed E-state index contributed by atoms with van der Waals surface area (Å²) in [6.45, 7) is 5.14. The number of nitrogens with one attached hydrogen (secondary N) is 1. The summed E-state index contributed by atoms with van der Waals surface area (Å²) in [5, 5.41) is 8.63. The van der Waals surface area contributed by atoms with E-state index in [-0.39, 0.29) is 17.1 Å². The third kappa shape index (κ3) is 4.23. The second kappa shape index (κ2) is 8.14. The Morgan fingerprint density at radius 1 is 0.969 bits per heavy atom. The fourth-order valence-electron chi connectivity index (χ4n) is 3.72. The summed E-state index contributed by atoms with van der Waals surface area (Å²) in [5.74, 6) is 1.45. The number of benzene rings is 1. The second-order valence-electron chi connectivity index (χ2n) is 8.38. The molecule has 0 bridgehead atoms. The maximum Gasteiger partial charge on any atom is 0.165 e. The molecule has 3 heterocycles. The molecule has 0 amide bonds. The van der Waals surface area contributed by atoms with E-state index in [9.17, 15) is 4.39 Å². The molecule has 0 spiro atoms. The predicted molar refractivity (Wildman–Crippen MR) is 119 cm³/mol. The average Bonchev–Trinajstić information content (AvgIpc) is 3.57. The minimum absolute atomic E-state index is 0.183. The highest BCUT2D eigenvalue weighted by Crippen LogP contribution is 2.40. The van der Waals surface area contributed by atoms with Crippen LogP contribution < -0.4 is 14.5 Å². The van der Waals surface area contributed by atoms with Crippen LogP contribution >= 0.6 is 0 Å². The maximum atomic E-state index is 14.2. The zero-order valence-electron chi connectivity index (χ0n) is 17.8. The number of piperazine rings is 1. The first-order valence-electron chi connectivity index (χ1n) is 10.7. The summed E-state index contributed by atoms with van der Waals surface area (Å²) in [6, 6.07) is 8.24. The quantitative estimate of drug-likeness (QED) is 0.598. The van der Waals surface area contributed by atoms with Crippen molar-refractivity contribution in [3.8, 4) is 5.75 Å². The number of hydrogen-bond donors (Lipinski definition) is 1. The van der Waals surface area contributed by atoms with Crippen molar-refractivity contribution in [1.82, 2.24) is 19.9 Å². The Kier molecular flexibility index (Phi) is 5.16. The van der Waals surface area contributed by atoms with Crippen molar-refractivity contribution in [1.29, 1.82) is 5.41 Å². The van der Waals surface area contributed by atoms with Crippen LogP contribution in [0.5, 0.6) is 5.75 Å². The molecule has 0 radical (unpaired) electrons. The lowest BCUT2D eigenvalue weighted by Gasteiger charge is -2.36. The Morgan fingerprint density at radius 2 is 1.69 bits per heavy atom. The van der Waals surface area contributed by atoms with Gasteiger partial charge in [-0.1, -0.05) is 0 Å². The SMILES string of the molecule is CC1(Oc2cc(C(=N)c3cc(N4CCN(c5ccncn5)CC4)ncn3)ccc2F)CC1. The van der Waals surface area contributed by atoms with Crippen LogP contribution in [0.3, 0.4) is 0 Å². The van der Waals surface area contributed by atoms with Gasteiger partial charge in [0.15, 0.2) is 11.6 Å². The van der Waals surface area contributed by atoms with Crippen LogP contribution in [0.4, 0.5) is 16.0 Å². The Labute approximate surface area is 185 Å². The zero-order chi connectivity index (χ0) is 22.1. The molecule has 1 aliphatic carbocycles. The summed E-state index contributed by atoms with van der Waals surface area (Å²) in [4.78, 5) is 21.4. The van der Waals surface area contributed by atoms with Crippen molar-refractivity contribution in [3.63, 3.8) is 0 Å². The largest absolute Gasteiger partial charge is 0.484 e. The van der Waals surface area contributed by atoms with E-state index in [0.29, 0.717) is 11.3 Å². The van der Waals surface area contributed by atoms with E-state index in [1.54, 1.807) is 24.7 Å². The van der Waals surface area contributed by atoms with Gasteiger partial charge in [-0.25, -0.2) is 24.3 Å². The summed E-state index contributed by atoms with van der Waals surface area (Å²) in [7, 11) is 0. The molecule has 32 heavy (non-hydrogen) atoms. The van der Waals surface area contributed by atoms with Crippen molar-refractivity contribution >= 4 is 17.3 Å². The predicted octanol–water partition coefficient (Wildman–Crippen LogP) is 3.08. The molecule has 2 fully saturated rings. The van der Waals surface area contributed by atoms with Crippen LogP contribution in [0, 0.1) is 11.2 Å². The van der Waals surface area contributed by atoms with Crippen molar-refractivity contribution in [2.45, 2.75) is 25.4 Å². The fourth-order valence-corrected chi connectivity index (χ4v) is 3.72. The highest BCUT2D eigenvalue weighted by atomic mass is 19.1. The molecule has 1 aromatic carbocycles. The number of hydrogen-bond acceptors (Lipinski definition) is 8. The fraction of sp³-hybridized carbons (Fsp3) is 0.348. The number of anilines is 2. The third-order valence-corrected chi connectivity index (χ3v) is 5.93. The van der Waals surface area contributed by atoms with Crippen molar-refractivity contribution in [3.05, 3.63) is 66.3 Å². The molecular weight excluding hydrogens is 409 g/mol. The van der Waals surface area contributed by atoms with Crippen molar-refractivity contribution < 1.29 is 9.13 Å². The third-order valence-electron chi connectivity index (χ3n) is 5.93. The summed E-state index contributed by atoms with van der Waals surface area (Å²) < 4.78 is 20.0. The first kappa shape index (κ1) is 20.3. The van der Waals surface area contributed by atoms with E-state index in [1.807, 2.05) is 19.1 Å². The Balaban J connectivity index is 1.30. The Bertz CT molecular complexity index is 1130. The molecule has 2 aliphatic rings. The molecular formula is C23H24FN7O. The van der Waals surface area contributed by atoms with Gasteiger partial charge in [0, 0.05) is 44.0 Å². The van der Waals surface area contributed by atoms with Gasteiger partial charge < -0.3 is 14.5 Å². The molecule has 0 unspecified atom stereocenters. The van der Waals surface area contributed by atoms with Gasteiger partial charge >= 0.3 is 0 Å². The van der Waals surface area contributed by atoms with Crippen LogP contribution in [0.2, 0.25) is 0 Å². The van der Waals surface area contributed by atoms with Crippen LogP contribution in [0.15, 0.2) is 49.2 Å². The average molecular weight is 433 g/mol. The lowest BCUT2D eigenvalue weighted by Crippen LogP contribution is -2.47. The van der Waals surface area contributed by atoms with Gasteiger partial charge in [0.1, 0.15) is 29.9 Å². The van der Waals surface area contributed by atoms with Gasteiger partial charge in [-0.15, -0.1) is 0 Å². The standard InChI is InChI=1S/C23H24FN7O/c1-23(5-6-23)32-19-12-16(2-3-17(19)24)22(25)18-13-21(29-15-27-18)31-10-8-30(9-11-31)20-4-7-26-14-28-20/h2-4,7,12-15,25H,5-6,8-11H2,1H3. The highest BCUT2D eigenvalue weighted by Gasteiger charge is 2.40. The molecule has 1 aliphatic heterocycles. The van der Waals surface area contributed by atoms with Gasteiger partial charge in [0.2, 0.25) is 0 Å². The number of aromatic nitrogens is 4. The number of ether oxygens (including phenoxy) is 1. The van der Waals surface area contributed by atoms with E-state index in [1.165, 1.54) is 12.4 Å². The van der Waals surface area contributed by atoms with E-state index >= 15 is 0 Å². The smallest absolute Gasteiger partial charge is 0.165 e. The minimum Gasteiger partial charge on any atom is -0.484 e. The zero-order valence-corrected chi connectivity index (χ0v) is 17.8. The molecule has 1 saturated carbocycles. The van der Waals surface area contributed by atoms with Gasteiger partial charge in [0.25, 0.3) is 0 Å². The van der Waals surface area contributed by atoms with Crippen molar-refractivity contribution in [2.75, 3.05) is 36.0 Å². The lowest BCUT2D eigenvalue weighted by atomic mass is 10.1. The molecule has 1 saturated heterocycles. The Hall–Kier alpha value is -3.62. The topological polar surface area (TPSA) is 91.1 Å². The van der Waals surface area contributed by atoms with Gasteiger partial charge in [-0.2, -0.15) is 0 Å². The van der Waals surface area contributed by atoms with Gasteiger partial charge in [-0.3, -0.25) is 5.41 Å². The number of nitrogens with zero attached hydrogens (tertiary/aromatic N) is 6. The van der Waals surface area contributed by atoms with Gasteiger partial charge in [-0.05, 0) is 44.0 Å². The van der Waals surface area contributed by atoms with E-state index < -0.39 is 5.82 Å². The highest BCUT2D eigenvalue weighted by molar-refractivity contribution is 6.10. The van der Waals surface area contributed by atoms with E-state index in [0.717, 1.165) is 50.7 Å². The van der Waals surface area contributed by atoms with E-state index in [4.69, 9.17) is 10.1 Å². The second-order valence-corrected chi connectivity index (χ2v) is 8.38. The molecule has 2 aromatic heterocycles. The number of halogens is 1. The molecule has 8 nitrogen and oxygen atoms in total. The van der Waals surface area contributed by atoms with Crippen molar-refractivity contribution in [2.24, 2.45) is 0 Å². The monoisotopic (exact) mass is 433 g/mol. The van der Waals surface area contributed by atoms with Crippen LogP contribution in [0.1, 0.15) is 31.0 Å². The minimum atomic E-state index is -0.417. The summed E-state index contributed by atoms with van der Waals surface area (Å²) >= 11 is 0. The van der Waals surface area contributed by atoms with Crippen LogP contribution in [0.25, 0.3) is 0 Å². The first-order chi connectivity index (χ1) is 15.5. The molecule has 0 atom stereocenters. The molecule has 9 heteroatoms. The number of rotatable bonds is 6. The molecule has 3 aromatic rings. The molecule has 5 rings (SSSR count). The lowest BCUT2D eigenvalue weighted by molar-refractivity contribution is 0.191. The van der Waals surface area contributed by atoms with E-state index in [2.05, 4.69) is 29.7 Å². The summed E-state index contributed by atoms with van der Waals surface area (Å²) in [6.07, 6.45) is 6.60. The van der Waals surface area contributed by atoms with Gasteiger partial charge in [0.05, 0.1) is 11.4 Å². The molecule has 164 valence electrons. The summed E-state index contributed by atoms with van der Waals surface area (Å²) in [5.41, 5.74) is 0.962. The van der Waals surface area contributed by atoms with Crippen LogP contribution in [-0.4, -0.2) is 57.4 Å².